The molecule has 166 valence electrons. The van der Waals surface area contributed by atoms with Gasteiger partial charge in [-0.2, -0.15) is 0 Å². The fraction of sp³-hybridized carbons (Fsp3) is 0.200. The predicted octanol–water partition coefficient (Wildman–Crippen LogP) is 4.00. The van der Waals surface area contributed by atoms with E-state index >= 15 is 0 Å². The molecule has 2 aromatic carbocycles. The Morgan fingerprint density at radius 3 is 2.53 bits per heavy atom. The van der Waals surface area contributed by atoms with E-state index in [1.54, 1.807) is 24.4 Å². The minimum Gasteiger partial charge on any atom is -0.492 e. The Bertz CT molecular complexity index is 979. The first-order valence-electron chi connectivity index (χ1n) is 10.3. The third-order valence-corrected chi connectivity index (χ3v) is 4.76. The van der Waals surface area contributed by atoms with Crippen molar-refractivity contribution in [3.8, 4) is 5.75 Å². The Kier molecular flexibility index (Phi) is 8.65. The standard InChI is InChI=1S/C25H27N3O4/c1-28(24-9-5-6-15-26-24)17-18-31-22-12-10-20(11-13-22)19-32-27-16-14-23(25(29)30)21-7-3-2-4-8-21/h2-16,23,27H,17-19H2,1H3,(H,29,30). The highest BCUT2D eigenvalue weighted by Gasteiger charge is 2.15. The first kappa shape index (κ1) is 22.8. The molecule has 1 aromatic heterocycles. The van der Waals surface area contributed by atoms with Crippen molar-refractivity contribution in [1.82, 2.24) is 10.5 Å². The van der Waals surface area contributed by atoms with E-state index in [0.717, 1.165) is 23.7 Å². The van der Waals surface area contributed by atoms with Gasteiger partial charge in [-0.3, -0.25) is 15.1 Å². The largest absolute Gasteiger partial charge is 0.492 e. The van der Waals surface area contributed by atoms with Gasteiger partial charge in [0.2, 0.25) is 0 Å². The highest BCUT2D eigenvalue weighted by atomic mass is 16.6. The summed E-state index contributed by atoms with van der Waals surface area (Å²) in [6.45, 7) is 1.59. The Morgan fingerprint density at radius 2 is 1.84 bits per heavy atom. The van der Waals surface area contributed by atoms with Crippen LogP contribution in [0.2, 0.25) is 0 Å². The number of nitrogens with one attached hydrogen (secondary N) is 1. The zero-order valence-electron chi connectivity index (χ0n) is 17.9. The van der Waals surface area contributed by atoms with E-state index in [1.807, 2.05) is 72.6 Å². The number of anilines is 1. The van der Waals surface area contributed by atoms with Crippen molar-refractivity contribution in [1.29, 1.82) is 0 Å². The molecule has 2 N–H and O–H groups in total. The molecular weight excluding hydrogens is 406 g/mol. The van der Waals surface area contributed by atoms with Crippen LogP contribution in [0.5, 0.6) is 5.75 Å². The number of hydroxylamine groups is 1. The van der Waals surface area contributed by atoms with Crippen LogP contribution in [0.3, 0.4) is 0 Å². The van der Waals surface area contributed by atoms with Crippen molar-refractivity contribution < 1.29 is 19.5 Å². The number of hydrogen-bond donors (Lipinski definition) is 2. The number of hydrogen-bond acceptors (Lipinski definition) is 6. The van der Waals surface area contributed by atoms with Crippen LogP contribution >= 0.6 is 0 Å². The van der Waals surface area contributed by atoms with Gasteiger partial charge < -0.3 is 14.7 Å². The zero-order valence-corrected chi connectivity index (χ0v) is 17.9. The molecule has 1 heterocycles. The Balaban J connectivity index is 1.38. The maximum Gasteiger partial charge on any atom is 0.314 e. The minimum atomic E-state index is -0.920. The van der Waals surface area contributed by atoms with E-state index in [4.69, 9.17) is 9.57 Å². The van der Waals surface area contributed by atoms with Crippen molar-refractivity contribution in [2.75, 3.05) is 25.1 Å². The molecule has 0 aliphatic heterocycles. The summed E-state index contributed by atoms with van der Waals surface area (Å²) in [7, 11) is 1.98. The first-order chi connectivity index (χ1) is 15.6. The third kappa shape index (κ3) is 7.14. The van der Waals surface area contributed by atoms with E-state index in [-0.39, 0.29) is 0 Å². The monoisotopic (exact) mass is 433 g/mol. The smallest absolute Gasteiger partial charge is 0.314 e. The van der Waals surface area contributed by atoms with Gasteiger partial charge in [0.1, 0.15) is 24.1 Å². The summed E-state index contributed by atoms with van der Waals surface area (Å²) in [5, 5.41) is 9.40. The second-order valence-corrected chi connectivity index (χ2v) is 7.09. The number of carboxylic acid groups (broad SMARTS) is 1. The van der Waals surface area contributed by atoms with Gasteiger partial charge in [0.15, 0.2) is 0 Å². The lowest BCUT2D eigenvalue weighted by Gasteiger charge is -2.18. The maximum atomic E-state index is 11.5. The Labute approximate surface area is 187 Å². The van der Waals surface area contributed by atoms with Crippen LogP contribution in [-0.4, -0.2) is 36.3 Å². The molecule has 0 radical (unpaired) electrons. The number of benzene rings is 2. The van der Waals surface area contributed by atoms with E-state index in [2.05, 4.69) is 10.5 Å². The molecule has 1 unspecified atom stereocenters. The molecule has 0 saturated heterocycles. The lowest BCUT2D eigenvalue weighted by atomic mass is 9.99. The predicted molar refractivity (Wildman–Crippen MR) is 123 cm³/mol. The van der Waals surface area contributed by atoms with Crippen LogP contribution in [0, 0.1) is 0 Å². The van der Waals surface area contributed by atoms with Crippen LogP contribution < -0.4 is 15.1 Å². The lowest BCUT2D eigenvalue weighted by molar-refractivity contribution is -0.137. The second-order valence-electron chi connectivity index (χ2n) is 7.09. The van der Waals surface area contributed by atoms with Crippen LogP contribution in [-0.2, 0) is 16.2 Å². The van der Waals surface area contributed by atoms with Crippen molar-refractivity contribution in [3.05, 3.63) is 102 Å². The fourth-order valence-corrected chi connectivity index (χ4v) is 2.98. The summed E-state index contributed by atoms with van der Waals surface area (Å²) in [6.07, 6.45) is 4.82. The number of carbonyl (C=O) groups is 1. The molecule has 0 saturated carbocycles. The number of aliphatic carboxylic acids is 1. The summed E-state index contributed by atoms with van der Waals surface area (Å²) in [5.41, 5.74) is 4.35. The van der Waals surface area contributed by atoms with Gasteiger partial charge >= 0.3 is 5.97 Å². The number of carboxylic acids is 1. The third-order valence-electron chi connectivity index (χ3n) is 4.76. The van der Waals surface area contributed by atoms with Gasteiger partial charge in [-0.1, -0.05) is 48.5 Å². The average Bonchev–Trinajstić information content (AvgIpc) is 2.83. The van der Waals surface area contributed by atoms with Crippen LogP contribution in [0.25, 0.3) is 0 Å². The van der Waals surface area contributed by atoms with E-state index in [9.17, 15) is 9.90 Å². The summed E-state index contributed by atoms with van der Waals surface area (Å²) >= 11 is 0. The van der Waals surface area contributed by atoms with Gasteiger partial charge in [0.05, 0.1) is 13.2 Å². The van der Waals surface area contributed by atoms with Crippen molar-refractivity contribution in [2.45, 2.75) is 12.5 Å². The molecule has 0 aliphatic carbocycles. The van der Waals surface area contributed by atoms with Crippen molar-refractivity contribution >= 4 is 11.8 Å². The normalized spacial score (nSPS) is 11.8. The summed E-state index contributed by atoms with van der Waals surface area (Å²) in [4.78, 5) is 23.2. The molecule has 3 rings (SSSR count). The number of ether oxygens (including phenoxy) is 1. The molecule has 32 heavy (non-hydrogen) atoms. The minimum absolute atomic E-state index is 0.329. The van der Waals surface area contributed by atoms with Gasteiger partial charge in [-0.15, -0.1) is 0 Å². The topological polar surface area (TPSA) is 83.9 Å². The molecule has 7 nitrogen and oxygen atoms in total. The van der Waals surface area contributed by atoms with Crippen molar-refractivity contribution in [3.63, 3.8) is 0 Å². The van der Waals surface area contributed by atoms with E-state index in [0.29, 0.717) is 18.8 Å². The molecule has 7 heteroatoms. The molecule has 0 amide bonds. The summed E-state index contributed by atoms with van der Waals surface area (Å²) in [6, 6.07) is 22.5. The fourth-order valence-electron chi connectivity index (χ4n) is 2.98. The first-order valence-corrected chi connectivity index (χ1v) is 10.3. The Morgan fingerprint density at radius 1 is 1.09 bits per heavy atom. The molecule has 0 bridgehead atoms. The molecule has 0 aliphatic rings. The van der Waals surface area contributed by atoms with Crippen LogP contribution in [0.15, 0.2) is 91.3 Å². The molecular formula is C25H27N3O4. The number of likely N-dealkylation sites (N-methyl/N-ethyl adjacent to an activating group) is 1. The zero-order chi connectivity index (χ0) is 22.6. The SMILES string of the molecule is CN(CCOc1ccc(CONC=CC(C(=O)O)c2ccccc2)cc1)c1ccccn1. The summed E-state index contributed by atoms with van der Waals surface area (Å²) < 4.78 is 5.79. The quantitative estimate of drug-likeness (QED) is 0.330. The number of nitrogens with zero attached hydrogens (tertiary/aromatic N) is 2. The molecule has 0 fully saturated rings. The van der Waals surface area contributed by atoms with Gasteiger partial charge in [0.25, 0.3) is 0 Å². The van der Waals surface area contributed by atoms with Gasteiger partial charge in [-0.25, -0.2) is 4.98 Å². The summed E-state index contributed by atoms with van der Waals surface area (Å²) in [5.74, 6) is 0.0308. The van der Waals surface area contributed by atoms with Crippen molar-refractivity contribution in [2.24, 2.45) is 0 Å². The van der Waals surface area contributed by atoms with Gasteiger partial charge in [-0.05, 0) is 41.5 Å². The van der Waals surface area contributed by atoms with Gasteiger partial charge in [0, 0.05) is 19.4 Å². The van der Waals surface area contributed by atoms with Crippen LogP contribution in [0.4, 0.5) is 5.82 Å². The molecule has 3 aromatic rings. The highest BCUT2D eigenvalue weighted by Crippen LogP contribution is 2.17. The van der Waals surface area contributed by atoms with E-state index < -0.39 is 11.9 Å². The van der Waals surface area contributed by atoms with Crippen LogP contribution in [0.1, 0.15) is 17.0 Å². The highest BCUT2D eigenvalue weighted by molar-refractivity contribution is 5.78. The molecule has 1 atom stereocenters. The second kappa shape index (κ2) is 12.1. The lowest BCUT2D eigenvalue weighted by Crippen LogP contribution is -2.24. The Hall–Kier alpha value is -3.84. The average molecular weight is 434 g/mol. The number of rotatable bonds is 12. The number of pyridine rings is 1. The molecule has 0 spiro atoms. The number of aromatic nitrogens is 1. The van der Waals surface area contributed by atoms with E-state index in [1.165, 1.54) is 6.20 Å². The maximum absolute atomic E-state index is 11.5.